The molecule has 11 nitrogen and oxygen atoms in total. The number of halogens is 1. The Balaban J connectivity index is 1.18. The first-order chi connectivity index (χ1) is 19.4. The Hall–Kier alpha value is -4.21. The fourth-order valence-electron chi connectivity index (χ4n) is 4.92. The molecule has 0 bridgehead atoms. The van der Waals surface area contributed by atoms with Crippen molar-refractivity contribution in [3.05, 3.63) is 48.4 Å². The minimum absolute atomic E-state index is 0.0900. The summed E-state index contributed by atoms with van der Waals surface area (Å²) in [6.07, 6.45) is 4.39. The van der Waals surface area contributed by atoms with Gasteiger partial charge in [0.1, 0.15) is 23.9 Å². The number of nitriles is 1. The van der Waals surface area contributed by atoms with Crippen LogP contribution in [-0.4, -0.2) is 93.7 Å². The molecule has 2 fully saturated rings. The van der Waals surface area contributed by atoms with Crippen LogP contribution in [0.1, 0.15) is 25.8 Å². The Morgan fingerprint density at radius 1 is 1.12 bits per heavy atom. The third-order valence-corrected chi connectivity index (χ3v) is 7.16. The van der Waals surface area contributed by atoms with E-state index in [4.69, 9.17) is 0 Å². The van der Waals surface area contributed by atoms with Gasteiger partial charge >= 0.3 is 0 Å². The average Bonchev–Trinajstić information content (AvgIpc) is 3.40. The van der Waals surface area contributed by atoms with E-state index in [0.717, 1.165) is 26.2 Å². The second-order valence-electron chi connectivity index (χ2n) is 10.3. The molecule has 2 aliphatic heterocycles. The zero-order valence-electron chi connectivity index (χ0n) is 22.7. The van der Waals surface area contributed by atoms with Gasteiger partial charge in [-0.05, 0) is 44.5 Å². The fraction of sp³-hybridized carbons (Fsp3) is 0.429. The molecular weight excluding hydrogens is 511 g/mol. The van der Waals surface area contributed by atoms with Crippen LogP contribution in [0.2, 0.25) is 0 Å². The lowest BCUT2D eigenvalue weighted by atomic mass is 10.1. The Kier molecular flexibility index (Phi) is 8.42. The molecule has 0 unspecified atom stereocenters. The van der Waals surface area contributed by atoms with Crippen molar-refractivity contribution in [3.8, 4) is 17.3 Å². The van der Waals surface area contributed by atoms with Crippen molar-refractivity contribution in [1.29, 1.82) is 5.26 Å². The van der Waals surface area contributed by atoms with Gasteiger partial charge in [-0.15, -0.1) is 0 Å². The second kappa shape index (κ2) is 12.3. The fourth-order valence-corrected chi connectivity index (χ4v) is 4.92. The summed E-state index contributed by atoms with van der Waals surface area (Å²) in [5, 5.41) is 15.6. The molecule has 0 radical (unpaired) electrons. The van der Waals surface area contributed by atoms with Gasteiger partial charge in [-0.3, -0.25) is 14.6 Å². The molecule has 0 spiro atoms. The number of amides is 1. The number of aromatic nitrogens is 4. The molecule has 1 amide bonds. The highest BCUT2D eigenvalue weighted by Gasteiger charge is 2.25. The van der Waals surface area contributed by atoms with Crippen LogP contribution in [0.3, 0.4) is 0 Å². The Bertz CT molecular complexity index is 1370. The molecule has 12 heteroatoms. The van der Waals surface area contributed by atoms with E-state index in [9.17, 15) is 14.4 Å². The molecule has 40 heavy (non-hydrogen) atoms. The zero-order chi connectivity index (χ0) is 28.1. The third kappa shape index (κ3) is 6.67. The summed E-state index contributed by atoms with van der Waals surface area (Å²) < 4.78 is 13.7. The van der Waals surface area contributed by atoms with Crippen LogP contribution in [0, 0.1) is 11.3 Å². The standard InChI is InChI=1S/C28H33FN10O/c1-19(2)38-11-9-37(10-12-38)18-26(40)36-25-4-3-23(16-32-25)34-28-31-7-5-24(35-28)21-13-20(14-30)27(33-15-21)39-8-6-22(29)17-39/h3-5,7,13,15-16,19,22H,6,8-12,17-18H2,1-2H3,(H,31,34,35)(H,32,36,40)/t22-/m0/s1. The third-order valence-electron chi connectivity index (χ3n) is 7.16. The van der Waals surface area contributed by atoms with Gasteiger partial charge in [0.05, 0.1) is 36.2 Å². The summed E-state index contributed by atoms with van der Waals surface area (Å²) in [7, 11) is 0. The molecule has 5 heterocycles. The molecule has 1 atom stereocenters. The van der Waals surface area contributed by atoms with Gasteiger partial charge in [0.2, 0.25) is 11.9 Å². The molecule has 3 aromatic heterocycles. The Morgan fingerprint density at radius 3 is 2.62 bits per heavy atom. The number of rotatable bonds is 8. The molecule has 2 saturated heterocycles. The molecule has 0 saturated carbocycles. The van der Waals surface area contributed by atoms with Crippen LogP contribution in [0.4, 0.5) is 27.7 Å². The molecule has 0 aliphatic carbocycles. The van der Waals surface area contributed by atoms with Gasteiger partial charge in [0.15, 0.2) is 0 Å². The lowest BCUT2D eigenvalue weighted by Crippen LogP contribution is -2.50. The van der Waals surface area contributed by atoms with E-state index in [2.05, 4.69) is 60.3 Å². The summed E-state index contributed by atoms with van der Waals surface area (Å²) >= 11 is 0. The molecule has 2 aliphatic rings. The van der Waals surface area contributed by atoms with Crippen LogP contribution in [-0.2, 0) is 4.79 Å². The number of alkyl halides is 1. The minimum atomic E-state index is -0.903. The minimum Gasteiger partial charge on any atom is -0.352 e. The van der Waals surface area contributed by atoms with Crippen molar-refractivity contribution in [1.82, 2.24) is 29.7 Å². The first kappa shape index (κ1) is 27.4. The summed E-state index contributed by atoms with van der Waals surface area (Å²) in [6.45, 7) is 9.18. The summed E-state index contributed by atoms with van der Waals surface area (Å²) in [5.74, 6) is 1.22. The Morgan fingerprint density at radius 2 is 1.95 bits per heavy atom. The van der Waals surface area contributed by atoms with Gasteiger partial charge in [0.25, 0.3) is 0 Å². The van der Waals surface area contributed by atoms with Crippen LogP contribution in [0.5, 0.6) is 0 Å². The lowest BCUT2D eigenvalue weighted by Gasteiger charge is -2.36. The quantitative estimate of drug-likeness (QED) is 0.437. The van der Waals surface area contributed by atoms with Gasteiger partial charge in [-0.25, -0.2) is 24.3 Å². The molecule has 5 rings (SSSR count). The highest BCUT2D eigenvalue weighted by Crippen LogP contribution is 2.27. The van der Waals surface area contributed by atoms with Crippen molar-refractivity contribution in [2.45, 2.75) is 32.5 Å². The number of hydrogen-bond acceptors (Lipinski definition) is 10. The van der Waals surface area contributed by atoms with Gasteiger partial charge in [-0.2, -0.15) is 5.26 Å². The van der Waals surface area contributed by atoms with Crippen molar-refractivity contribution in [3.63, 3.8) is 0 Å². The number of carbonyl (C=O) groups is 1. The maximum absolute atomic E-state index is 13.7. The highest BCUT2D eigenvalue weighted by atomic mass is 19.1. The van der Waals surface area contributed by atoms with E-state index >= 15 is 0 Å². The number of nitrogens with one attached hydrogen (secondary N) is 2. The number of piperazine rings is 1. The lowest BCUT2D eigenvalue weighted by molar-refractivity contribution is -0.117. The first-order valence-corrected chi connectivity index (χ1v) is 13.5. The van der Waals surface area contributed by atoms with Gasteiger partial charge < -0.3 is 15.5 Å². The van der Waals surface area contributed by atoms with Crippen LogP contribution in [0.25, 0.3) is 11.3 Å². The van der Waals surface area contributed by atoms with Gasteiger partial charge in [0, 0.05) is 56.7 Å². The largest absolute Gasteiger partial charge is 0.352 e. The average molecular weight is 545 g/mol. The molecule has 208 valence electrons. The van der Waals surface area contributed by atoms with Crippen LogP contribution < -0.4 is 15.5 Å². The second-order valence-corrected chi connectivity index (χ2v) is 10.3. The molecule has 0 aromatic carbocycles. The maximum atomic E-state index is 13.7. The number of nitrogens with zero attached hydrogens (tertiary/aromatic N) is 8. The number of hydrogen-bond donors (Lipinski definition) is 2. The predicted molar refractivity (Wildman–Crippen MR) is 151 cm³/mol. The first-order valence-electron chi connectivity index (χ1n) is 13.5. The van der Waals surface area contributed by atoms with Crippen molar-refractivity contribution >= 4 is 29.2 Å². The summed E-state index contributed by atoms with van der Waals surface area (Å²) in [4.78, 5) is 36.5. The van der Waals surface area contributed by atoms with E-state index in [0.29, 0.717) is 65.6 Å². The molecular formula is C28H33FN10O. The van der Waals surface area contributed by atoms with Crippen molar-refractivity contribution < 1.29 is 9.18 Å². The monoisotopic (exact) mass is 544 g/mol. The predicted octanol–water partition coefficient (Wildman–Crippen LogP) is 3.06. The number of pyridine rings is 2. The zero-order valence-corrected chi connectivity index (χ0v) is 22.7. The van der Waals surface area contributed by atoms with Crippen LogP contribution in [0.15, 0.2) is 42.9 Å². The summed E-state index contributed by atoms with van der Waals surface area (Å²) in [5.41, 5.74) is 2.27. The smallest absolute Gasteiger partial charge is 0.239 e. The Labute approximate surface area is 233 Å². The summed E-state index contributed by atoms with van der Waals surface area (Å²) in [6, 6.07) is 9.65. The van der Waals surface area contributed by atoms with Crippen LogP contribution >= 0.6 is 0 Å². The molecule has 2 N–H and O–H groups in total. The topological polar surface area (TPSA) is 126 Å². The number of anilines is 4. The number of carbonyl (C=O) groups excluding carboxylic acids is 1. The van der Waals surface area contributed by atoms with E-state index < -0.39 is 6.17 Å². The van der Waals surface area contributed by atoms with E-state index in [1.165, 1.54) is 0 Å². The highest BCUT2D eigenvalue weighted by molar-refractivity contribution is 5.91. The van der Waals surface area contributed by atoms with E-state index in [-0.39, 0.29) is 12.5 Å². The van der Waals surface area contributed by atoms with Gasteiger partial charge in [-0.1, -0.05) is 0 Å². The normalized spacial score (nSPS) is 18.1. The maximum Gasteiger partial charge on any atom is 0.239 e. The van der Waals surface area contributed by atoms with Crippen molar-refractivity contribution in [2.24, 2.45) is 0 Å². The van der Waals surface area contributed by atoms with Crippen molar-refractivity contribution in [2.75, 3.05) is 61.3 Å². The van der Waals surface area contributed by atoms with E-state index in [1.54, 1.807) is 47.8 Å². The van der Waals surface area contributed by atoms with E-state index in [1.807, 2.05) is 0 Å². The molecule has 3 aromatic rings. The SMILES string of the molecule is CC(C)N1CCN(CC(=O)Nc2ccc(Nc3nccc(-c4cnc(N5CC[C@H](F)C5)c(C#N)c4)n3)cn2)CC1.